The molecule has 0 fully saturated rings. The molecule has 2 aromatic rings. The van der Waals surface area contributed by atoms with Gasteiger partial charge >= 0.3 is 0 Å². The molecule has 14 heavy (non-hydrogen) atoms. The lowest BCUT2D eigenvalue weighted by atomic mass is 10.0. The minimum Gasteiger partial charge on any atom is -0.507 e. The molecule has 0 aliphatic rings. The number of hydrogen-bond donors (Lipinski definition) is 1. The van der Waals surface area contributed by atoms with E-state index >= 15 is 0 Å². The van der Waals surface area contributed by atoms with Gasteiger partial charge in [0, 0.05) is 10.9 Å². The fourth-order valence-corrected chi connectivity index (χ4v) is 1.60. The predicted molar refractivity (Wildman–Crippen MR) is 60.3 cm³/mol. The zero-order valence-corrected chi connectivity index (χ0v) is 8.12. The molecule has 0 aromatic heterocycles. The summed E-state index contributed by atoms with van der Waals surface area (Å²) in [6, 6.07) is 11.7. The maximum atomic E-state index is 9.96. The summed E-state index contributed by atoms with van der Waals surface area (Å²) in [5.74, 6) is 0.329. The first-order valence-corrected chi connectivity index (χ1v) is 4.57. The van der Waals surface area contributed by atoms with Crippen molar-refractivity contribution < 1.29 is 5.11 Å². The van der Waals surface area contributed by atoms with Crippen molar-refractivity contribution in [2.45, 2.75) is 6.92 Å². The molecule has 0 aliphatic heterocycles. The van der Waals surface area contributed by atoms with Gasteiger partial charge in [-0.25, -0.2) is 0 Å². The molecule has 0 radical (unpaired) electrons. The largest absolute Gasteiger partial charge is 0.507 e. The van der Waals surface area contributed by atoms with Crippen molar-refractivity contribution >= 4 is 16.3 Å². The van der Waals surface area contributed by atoms with Crippen molar-refractivity contribution in [1.29, 1.82) is 0 Å². The van der Waals surface area contributed by atoms with Gasteiger partial charge in [-0.2, -0.15) is 0 Å². The molecule has 0 aliphatic carbocycles. The van der Waals surface area contributed by atoms with Gasteiger partial charge in [-0.3, -0.25) is 0 Å². The van der Waals surface area contributed by atoms with E-state index in [-0.39, 0.29) is 0 Å². The molecule has 0 bridgehead atoms. The Morgan fingerprint density at radius 3 is 2.57 bits per heavy atom. The van der Waals surface area contributed by atoms with E-state index in [9.17, 15) is 5.11 Å². The lowest BCUT2D eigenvalue weighted by molar-refractivity contribution is 0.480. The predicted octanol–water partition coefficient (Wildman–Crippen LogP) is 3.58. The zero-order valence-electron chi connectivity index (χ0n) is 8.12. The van der Waals surface area contributed by atoms with E-state index in [4.69, 9.17) is 0 Å². The summed E-state index contributed by atoms with van der Waals surface area (Å²) in [6.45, 7) is 5.73. The van der Waals surface area contributed by atoms with Crippen molar-refractivity contribution in [1.82, 2.24) is 0 Å². The first-order chi connectivity index (χ1) is 6.70. The number of phenolic OH excluding ortho intramolecular Hbond substituents is 1. The second-order valence-corrected chi connectivity index (χ2v) is 3.46. The molecule has 0 heterocycles. The van der Waals surface area contributed by atoms with Crippen LogP contribution in [0.2, 0.25) is 0 Å². The Morgan fingerprint density at radius 2 is 1.86 bits per heavy atom. The highest BCUT2D eigenvalue weighted by Crippen LogP contribution is 2.31. The summed E-state index contributed by atoms with van der Waals surface area (Å²) >= 11 is 0. The molecule has 0 spiro atoms. The van der Waals surface area contributed by atoms with Gasteiger partial charge in [-0.05, 0) is 17.9 Å². The molecule has 70 valence electrons. The van der Waals surface area contributed by atoms with Crippen LogP contribution in [0, 0.1) is 0 Å². The van der Waals surface area contributed by atoms with Gasteiger partial charge in [-0.1, -0.05) is 43.0 Å². The number of hydrogen-bond acceptors (Lipinski definition) is 1. The minimum absolute atomic E-state index is 0.329. The molecule has 1 N–H and O–H groups in total. The van der Waals surface area contributed by atoms with E-state index in [1.807, 2.05) is 43.3 Å². The fourth-order valence-electron chi connectivity index (χ4n) is 1.60. The number of aromatic hydroxyl groups is 1. The third-order valence-electron chi connectivity index (χ3n) is 2.36. The lowest BCUT2D eigenvalue weighted by Crippen LogP contribution is -1.81. The molecule has 0 atom stereocenters. The van der Waals surface area contributed by atoms with Crippen molar-refractivity contribution in [3.8, 4) is 5.75 Å². The van der Waals surface area contributed by atoms with E-state index in [2.05, 4.69) is 6.58 Å². The third kappa shape index (κ3) is 1.27. The maximum absolute atomic E-state index is 9.96. The van der Waals surface area contributed by atoms with Gasteiger partial charge in [0.05, 0.1) is 0 Å². The fraction of sp³-hybridized carbons (Fsp3) is 0.0769. The first-order valence-electron chi connectivity index (χ1n) is 4.57. The average molecular weight is 184 g/mol. The van der Waals surface area contributed by atoms with E-state index in [1.54, 1.807) is 0 Å². The number of phenols is 1. The maximum Gasteiger partial charge on any atom is 0.130 e. The number of fused-ring (bicyclic) bond motifs is 1. The highest BCUT2D eigenvalue weighted by Gasteiger charge is 2.05. The number of rotatable bonds is 1. The van der Waals surface area contributed by atoms with Crippen molar-refractivity contribution in [2.24, 2.45) is 0 Å². The Labute approximate surface area is 83.3 Å². The second kappa shape index (κ2) is 3.18. The van der Waals surface area contributed by atoms with Crippen molar-refractivity contribution in [2.75, 3.05) is 0 Å². The van der Waals surface area contributed by atoms with Crippen LogP contribution in [0.15, 0.2) is 43.0 Å². The Kier molecular flexibility index (Phi) is 2.01. The molecule has 0 amide bonds. The Balaban J connectivity index is 2.81. The quantitative estimate of drug-likeness (QED) is 0.718. The van der Waals surface area contributed by atoms with Gasteiger partial charge in [0.15, 0.2) is 0 Å². The molecule has 2 aromatic carbocycles. The van der Waals surface area contributed by atoms with Gasteiger partial charge in [0.2, 0.25) is 0 Å². The second-order valence-electron chi connectivity index (χ2n) is 3.46. The SMILES string of the molecule is C=C(C)c1ccc2ccccc2c1O. The molecule has 0 saturated heterocycles. The van der Waals surface area contributed by atoms with Crippen LogP contribution in [0.25, 0.3) is 16.3 Å². The van der Waals surface area contributed by atoms with Crippen molar-refractivity contribution in [3.05, 3.63) is 48.5 Å². The highest BCUT2D eigenvalue weighted by atomic mass is 16.3. The smallest absolute Gasteiger partial charge is 0.130 e. The first kappa shape index (κ1) is 8.82. The zero-order chi connectivity index (χ0) is 10.1. The molecular weight excluding hydrogens is 172 g/mol. The normalized spacial score (nSPS) is 10.4. The Morgan fingerprint density at radius 1 is 1.14 bits per heavy atom. The van der Waals surface area contributed by atoms with Gasteiger partial charge in [-0.15, -0.1) is 0 Å². The third-order valence-corrected chi connectivity index (χ3v) is 2.36. The molecule has 1 heteroatoms. The number of allylic oxidation sites excluding steroid dienone is 1. The lowest BCUT2D eigenvalue weighted by Gasteiger charge is -2.06. The van der Waals surface area contributed by atoms with Crippen LogP contribution >= 0.6 is 0 Å². The molecule has 0 saturated carbocycles. The standard InChI is InChI=1S/C13H12O/c1-9(2)11-8-7-10-5-3-4-6-12(10)13(11)14/h3-8,14H,1H2,2H3. The van der Waals surface area contributed by atoms with Gasteiger partial charge in [0.25, 0.3) is 0 Å². The summed E-state index contributed by atoms with van der Waals surface area (Å²) in [7, 11) is 0. The Hall–Kier alpha value is -1.76. The van der Waals surface area contributed by atoms with Crippen molar-refractivity contribution in [3.63, 3.8) is 0 Å². The summed E-state index contributed by atoms with van der Waals surface area (Å²) in [5, 5.41) is 11.9. The summed E-state index contributed by atoms with van der Waals surface area (Å²) in [4.78, 5) is 0. The highest BCUT2D eigenvalue weighted by molar-refractivity contribution is 5.92. The molecule has 1 nitrogen and oxygen atoms in total. The van der Waals surface area contributed by atoms with Crippen LogP contribution in [0.5, 0.6) is 5.75 Å². The van der Waals surface area contributed by atoms with Gasteiger partial charge in [0.1, 0.15) is 5.75 Å². The minimum atomic E-state index is 0.329. The van der Waals surface area contributed by atoms with Crippen LogP contribution in [0.1, 0.15) is 12.5 Å². The summed E-state index contributed by atoms with van der Waals surface area (Å²) in [5.41, 5.74) is 1.71. The van der Waals surface area contributed by atoms with E-state index in [0.29, 0.717) is 5.75 Å². The van der Waals surface area contributed by atoms with Crippen LogP contribution in [-0.2, 0) is 0 Å². The monoisotopic (exact) mass is 184 g/mol. The molecule has 0 unspecified atom stereocenters. The van der Waals surface area contributed by atoms with E-state index < -0.39 is 0 Å². The van der Waals surface area contributed by atoms with E-state index in [1.165, 1.54) is 0 Å². The number of benzene rings is 2. The molecular formula is C13H12O. The summed E-state index contributed by atoms with van der Waals surface area (Å²) in [6.07, 6.45) is 0. The average Bonchev–Trinajstić information content (AvgIpc) is 2.18. The summed E-state index contributed by atoms with van der Waals surface area (Å²) < 4.78 is 0. The molecule has 2 rings (SSSR count). The van der Waals surface area contributed by atoms with Crippen LogP contribution < -0.4 is 0 Å². The van der Waals surface area contributed by atoms with Crippen LogP contribution in [-0.4, -0.2) is 5.11 Å². The van der Waals surface area contributed by atoms with Crippen LogP contribution in [0.3, 0.4) is 0 Å². The Bertz CT molecular complexity index is 498. The topological polar surface area (TPSA) is 20.2 Å². The van der Waals surface area contributed by atoms with Crippen LogP contribution in [0.4, 0.5) is 0 Å². The van der Waals surface area contributed by atoms with E-state index in [0.717, 1.165) is 21.9 Å². The van der Waals surface area contributed by atoms with Gasteiger partial charge < -0.3 is 5.11 Å².